The van der Waals surface area contributed by atoms with E-state index in [0.29, 0.717) is 34.5 Å². The van der Waals surface area contributed by atoms with Gasteiger partial charge in [-0.15, -0.1) is 0 Å². The van der Waals surface area contributed by atoms with Crippen LogP contribution in [0.3, 0.4) is 0 Å². The van der Waals surface area contributed by atoms with Crippen molar-refractivity contribution in [1.29, 1.82) is 0 Å². The standard InChI is InChI=1S/C14H14FN5O/c1-16-13-17-12(18-14(19-13)20(2)3)11-7-8-6-9(15)4-5-10(8)21-11/h4-7H,1-3H3,(H,16,17,18,19). The summed E-state index contributed by atoms with van der Waals surface area (Å²) in [6.07, 6.45) is 0. The highest BCUT2D eigenvalue weighted by molar-refractivity contribution is 5.81. The van der Waals surface area contributed by atoms with Crippen molar-refractivity contribution >= 4 is 22.9 Å². The molecule has 0 saturated carbocycles. The van der Waals surface area contributed by atoms with Crippen LogP contribution < -0.4 is 10.2 Å². The smallest absolute Gasteiger partial charge is 0.230 e. The van der Waals surface area contributed by atoms with Gasteiger partial charge in [-0.1, -0.05) is 0 Å². The molecular weight excluding hydrogens is 273 g/mol. The van der Waals surface area contributed by atoms with Gasteiger partial charge in [0.05, 0.1) is 0 Å². The maximum Gasteiger partial charge on any atom is 0.230 e. The van der Waals surface area contributed by atoms with E-state index in [1.807, 2.05) is 14.1 Å². The molecule has 21 heavy (non-hydrogen) atoms. The second-order valence-corrected chi connectivity index (χ2v) is 4.72. The van der Waals surface area contributed by atoms with Crippen molar-refractivity contribution in [3.63, 3.8) is 0 Å². The van der Waals surface area contributed by atoms with E-state index in [4.69, 9.17) is 4.42 Å². The molecule has 0 amide bonds. The Kier molecular flexibility index (Phi) is 3.17. The van der Waals surface area contributed by atoms with Crippen LogP contribution in [0.1, 0.15) is 0 Å². The van der Waals surface area contributed by atoms with E-state index in [2.05, 4.69) is 20.3 Å². The number of nitrogens with one attached hydrogen (secondary N) is 1. The third-order valence-corrected chi connectivity index (χ3v) is 2.95. The number of aromatic nitrogens is 3. The molecule has 7 heteroatoms. The Hall–Kier alpha value is -2.70. The fraction of sp³-hybridized carbons (Fsp3) is 0.214. The van der Waals surface area contributed by atoms with Crippen LogP contribution in [0.25, 0.3) is 22.6 Å². The lowest BCUT2D eigenvalue weighted by molar-refractivity contribution is 0.615. The first-order valence-electron chi connectivity index (χ1n) is 6.37. The topological polar surface area (TPSA) is 67.1 Å². The van der Waals surface area contributed by atoms with Gasteiger partial charge in [-0.05, 0) is 24.3 Å². The lowest BCUT2D eigenvalue weighted by Crippen LogP contribution is -2.15. The minimum Gasteiger partial charge on any atom is -0.453 e. The van der Waals surface area contributed by atoms with E-state index in [9.17, 15) is 4.39 Å². The maximum atomic E-state index is 13.2. The Labute approximate surface area is 120 Å². The van der Waals surface area contributed by atoms with E-state index < -0.39 is 0 Å². The lowest BCUT2D eigenvalue weighted by Gasteiger charge is -2.11. The molecular formula is C14H14FN5O. The highest BCUT2D eigenvalue weighted by Crippen LogP contribution is 2.27. The summed E-state index contributed by atoms with van der Waals surface area (Å²) in [5.41, 5.74) is 0.587. The Morgan fingerprint density at radius 2 is 1.95 bits per heavy atom. The number of fused-ring (bicyclic) bond motifs is 1. The summed E-state index contributed by atoms with van der Waals surface area (Å²) in [6, 6.07) is 6.07. The molecule has 0 aliphatic rings. The molecule has 0 radical (unpaired) electrons. The summed E-state index contributed by atoms with van der Waals surface area (Å²) < 4.78 is 18.9. The molecule has 108 valence electrons. The molecule has 3 rings (SSSR count). The zero-order valence-corrected chi connectivity index (χ0v) is 11.9. The predicted molar refractivity (Wildman–Crippen MR) is 78.9 cm³/mol. The monoisotopic (exact) mass is 287 g/mol. The molecule has 0 saturated heterocycles. The van der Waals surface area contributed by atoms with E-state index in [1.165, 1.54) is 12.1 Å². The number of halogens is 1. The SMILES string of the molecule is CNc1nc(-c2cc3cc(F)ccc3o2)nc(N(C)C)n1. The van der Waals surface area contributed by atoms with Crippen LogP contribution in [0.5, 0.6) is 0 Å². The van der Waals surface area contributed by atoms with Crippen molar-refractivity contribution in [1.82, 2.24) is 15.0 Å². The van der Waals surface area contributed by atoms with Crippen LogP contribution in [-0.2, 0) is 0 Å². The van der Waals surface area contributed by atoms with Gasteiger partial charge in [-0.25, -0.2) is 4.39 Å². The summed E-state index contributed by atoms with van der Waals surface area (Å²) >= 11 is 0. The summed E-state index contributed by atoms with van der Waals surface area (Å²) in [6.45, 7) is 0. The Balaban J connectivity index is 2.14. The van der Waals surface area contributed by atoms with Gasteiger partial charge in [0.1, 0.15) is 11.4 Å². The lowest BCUT2D eigenvalue weighted by atomic mass is 10.2. The molecule has 0 spiro atoms. The molecule has 1 N–H and O–H groups in total. The first kappa shape index (κ1) is 13.3. The predicted octanol–water partition coefficient (Wildman–Crippen LogP) is 2.53. The maximum absolute atomic E-state index is 13.2. The molecule has 0 atom stereocenters. The van der Waals surface area contributed by atoms with Crippen molar-refractivity contribution in [2.24, 2.45) is 0 Å². The summed E-state index contributed by atoms with van der Waals surface area (Å²) in [7, 11) is 5.41. The van der Waals surface area contributed by atoms with Gasteiger partial charge in [-0.3, -0.25) is 0 Å². The molecule has 0 unspecified atom stereocenters. The molecule has 1 aromatic carbocycles. The van der Waals surface area contributed by atoms with Gasteiger partial charge in [0.15, 0.2) is 5.76 Å². The number of nitrogens with zero attached hydrogens (tertiary/aromatic N) is 4. The van der Waals surface area contributed by atoms with E-state index in [-0.39, 0.29) is 5.82 Å². The Bertz CT molecular complexity index is 799. The number of hydrogen-bond donors (Lipinski definition) is 1. The van der Waals surface area contributed by atoms with Crippen LogP contribution in [0.4, 0.5) is 16.3 Å². The quantitative estimate of drug-likeness (QED) is 0.798. The average Bonchev–Trinajstić information content (AvgIpc) is 2.89. The third-order valence-electron chi connectivity index (χ3n) is 2.95. The fourth-order valence-electron chi connectivity index (χ4n) is 1.91. The Morgan fingerprint density at radius 1 is 1.14 bits per heavy atom. The average molecular weight is 287 g/mol. The fourth-order valence-corrected chi connectivity index (χ4v) is 1.91. The Morgan fingerprint density at radius 3 is 2.67 bits per heavy atom. The minimum absolute atomic E-state index is 0.310. The molecule has 0 fully saturated rings. The van der Waals surface area contributed by atoms with Gasteiger partial charge in [0.25, 0.3) is 0 Å². The van der Waals surface area contributed by atoms with Gasteiger partial charge in [-0.2, -0.15) is 15.0 Å². The normalized spacial score (nSPS) is 10.9. The largest absolute Gasteiger partial charge is 0.453 e. The van der Waals surface area contributed by atoms with Crippen molar-refractivity contribution in [3.8, 4) is 11.6 Å². The van der Waals surface area contributed by atoms with Crippen molar-refractivity contribution in [2.45, 2.75) is 0 Å². The summed E-state index contributed by atoms with van der Waals surface area (Å²) in [4.78, 5) is 14.6. The highest BCUT2D eigenvalue weighted by Gasteiger charge is 2.13. The van der Waals surface area contributed by atoms with Crippen molar-refractivity contribution < 1.29 is 8.81 Å². The first-order chi connectivity index (χ1) is 10.1. The number of benzene rings is 1. The molecule has 0 bridgehead atoms. The summed E-state index contributed by atoms with van der Waals surface area (Å²) in [5.74, 6) is 1.51. The number of hydrogen-bond acceptors (Lipinski definition) is 6. The zero-order chi connectivity index (χ0) is 15.0. The second-order valence-electron chi connectivity index (χ2n) is 4.72. The molecule has 0 aliphatic carbocycles. The molecule has 0 aliphatic heterocycles. The van der Waals surface area contributed by atoms with E-state index in [0.717, 1.165) is 0 Å². The molecule has 2 heterocycles. The minimum atomic E-state index is -0.310. The van der Waals surface area contributed by atoms with Crippen molar-refractivity contribution in [2.75, 3.05) is 31.4 Å². The van der Waals surface area contributed by atoms with Gasteiger partial charge in [0.2, 0.25) is 17.7 Å². The van der Waals surface area contributed by atoms with Gasteiger partial charge >= 0.3 is 0 Å². The number of furan rings is 1. The molecule has 2 aromatic heterocycles. The van der Waals surface area contributed by atoms with Crippen LogP contribution >= 0.6 is 0 Å². The third kappa shape index (κ3) is 2.49. The molecule has 3 aromatic rings. The zero-order valence-electron chi connectivity index (χ0n) is 11.9. The summed E-state index contributed by atoms with van der Waals surface area (Å²) in [5, 5.41) is 3.55. The second kappa shape index (κ2) is 5.01. The van der Waals surface area contributed by atoms with Gasteiger partial charge < -0.3 is 14.6 Å². The van der Waals surface area contributed by atoms with Gasteiger partial charge in [0, 0.05) is 26.5 Å². The van der Waals surface area contributed by atoms with Crippen LogP contribution in [0, 0.1) is 5.82 Å². The number of rotatable bonds is 3. The van der Waals surface area contributed by atoms with E-state index >= 15 is 0 Å². The van der Waals surface area contributed by atoms with Crippen molar-refractivity contribution in [3.05, 3.63) is 30.1 Å². The van der Waals surface area contributed by atoms with E-state index in [1.54, 1.807) is 24.1 Å². The van der Waals surface area contributed by atoms with Crippen LogP contribution in [0.15, 0.2) is 28.7 Å². The highest BCUT2D eigenvalue weighted by atomic mass is 19.1. The number of anilines is 2. The molecule has 6 nitrogen and oxygen atoms in total. The first-order valence-corrected chi connectivity index (χ1v) is 6.37. The van der Waals surface area contributed by atoms with Crippen LogP contribution in [0.2, 0.25) is 0 Å². The van der Waals surface area contributed by atoms with Crippen LogP contribution in [-0.4, -0.2) is 36.1 Å².